The molecule has 0 bridgehead atoms. The molecule has 0 aromatic heterocycles. The van der Waals surface area contributed by atoms with Crippen molar-refractivity contribution in [1.82, 2.24) is 5.32 Å². The van der Waals surface area contributed by atoms with Crippen LogP contribution in [0.25, 0.3) is 4.24 Å². The van der Waals surface area contributed by atoms with Crippen molar-refractivity contribution >= 4 is 27.8 Å². The number of nitrogens with zero attached hydrogens (tertiary/aromatic N) is 1. The van der Waals surface area contributed by atoms with Gasteiger partial charge in [0.2, 0.25) is 0 Å². The molecule has 9 heteroatoms. The Kier molecular flexibility index (Phi) is 9.39. The second kappa shape index (κ2) is 9.58. The summed E-state index contributed by atoms with van der Waals surface area (Å²) in [6.45, 7) is 2.55. The average Bonchev–Trinajstić information content (AvgIpc) is 2.94. The first-order valence-corrected chi connectivity index (χ1v) is 7.42. The van der Waals surface area contributed by atoms with Crippen LogP contribution < -0.4 is 34.9 Å². The van der Waals surface area contributed by atoms with Gasteiger partial charge in [0.25, 0.3) is 0 Å². The summed E-state index contributed by atoms with van der Waals surface area (Å²) in [5.74, 6) is -0.807. The second-order valence-electron chi connectivity index (χ2n) is 4.01. The van der Waals surface area contributed by atoms with Crippen LogP contribution in [0.3, 0.4) is 0 Å². The predicted octanol–water partition coefficient (Wildman–Crippen LogP) is -1.19. The maximum atomic E-state index is 11.0. The maximum Gasteiger partial charge on any atom is 1.00 e. The summed E-state index contributed by atoms with van der Waals surface area (Å²) in [6, 6.07) is 5.87. The molecule has 0 radical (unpaired) electrons. The Morgan fingerprint density at radius 3 is 2.29 bits per heavy atom. The van der Waals surface area contributed by atoms with Crippen LogP contribution in [0.4, 0.5) is 0 Å². The van der Waals surface area contributed by atoms with Gasteiger partial charge in [-0.1, -0.05) is 29.8 Å². The fourth-order valence-electron chi connectivity index (χ4n) is 1.39. The molecule has 0 saturated heterocycles. The molecule has 0 amide bonds. The van der Waals surface area contributed by atoms with Crippen LogP contribution >= 0.6 is 11.8 Å². The molecule has 21 heavy (non-hydrogen) atoms. The number of aryl methyl sites for hydroxylation is 1. The van der Waals surface area contributed by atoms with Gasteiger partial charge in [0.15, 0.2) is 0 Å². The maximum absolute atomic E-state index is 11.0. The first-order chi connectivity index (χ1) is 9.36. The Hall–Kier alpha value is -0.410. The molecule has 1 aliphatic heterocycles. The molecule has 1 unspecified atom stereocenters. The number of aliphatic carboxylic acids is 1. The molecule has 0 spiro atoms. The number of carboxylic acids is 1. The molecule has 6 nitrogen and oxygen atoms in total. The third-order valence-corrected chi connectivity index (χ3v) is 4.05. The molecule has 1 heterocycles. The Morgan fingerprint density at radius 2 is 1.95 bits per heavy atom. The topological polar surface area (TPSA) is 97.6 Å². The van der Waals surface area contributed by atoms with E-state index >= 15 is 0 Å². The number of hydrogen-bond acceptors (Lipinski definition) is 4. The van der Waals surface area contributed by atoms with Crippen molar-refractivity contribution in [3.8, 4) is 0 Å². The van der Waals surface area contributed by atoms with Crippen molar-refractivity contribution in [3.05, 3.63) is 46.2 Å². The molecule has 1 aliphatic rings. The summed E-state index contributed by atoms with van der Waals surface area (Å²) < 4.78 is 24.8. The Balaban J connectivity index is 0.000000390. The van der Waals surface area contributed by atoms with Gasteiger partial charge in [0.05, 0.1) is 0 Å². The zero-order chi connectivity index (χ0) is 15.2. The van der Waals surface area contributed by atoms with Crippen molar-refractivity contribution in [2.24, 2.45) is 0 Å². The number of halogens is 1. The minimum atomic E-state index is -3.62. The summed E-state index contributed by atoms with van der Waals surface area (Å²) in [7, 11) is -3.62. The van der Waals surface area contributed by atoms with Gasteiger partial charge >= 0.3 is 35.5 Å². The van der Waals surface area contributed by atoms with Crippen molar-refractivity contribution in [3.63, 3.8) is 0 Å². The van der Waals surface area contributed by atoms with E-state index in [1.54, 1.807) is 24.3 Å². The van der Waals surface area contributed by atoms with E-state index in [9.17, 15) is 13.2 Å². The van der Waals surface area contributed by atoms with Gasteiger partial charge in [-0.2, -0.15) is 0 Å². The molecule has 0 saturated carbocycles. The normalized spacial score (nSPS) is 16.6. The summed E-state index contributed by atoms with van der Waals surface area (Å²) >= 11 is 4.90. The molecule has 1 aromatic carbocycles. The number of carbonyl (C=O) groups is 1. The van der Waals surface area contributed by atoms with E-state index in [1.165, 1.54) is 12.1 Å². The Bertz CT molecular complexity index is 590. The number of benzene rings is 1. The van der Waals surface area contributed by atoms with Gasteiger partial charge in [0.1, 0.15) is 16.1 Å². The van der Waals surface area contributed by atoms with Crippen molar-refractivity contribution in [2.75, 3.05) is 6.54 Å². The molecular weight excluding hydrogens is 327 g/mol. The summed E-state index contributed by atoms with van der Waals surface area (Å²) in [4.78, 5) is 10.2. The van der Waals surface area contributed by atoms with Crippen LogP contribution in [0.2, 0.25) is 0 Å². The van der Waals surface area contributed by atoms with Crippen molar-refractivity contribution in [1.29, 1.82) is 0 Å². The molecule has 110 valence electrons. The number of nitrogens with one attached hydrogen (secondary N) is 1. The van der Waals surface area contributed by atoms with E-state index in [1.807, 2.05) is 6.92 Å². The summed E-state index contributed by atoms with van der Waals surface area (Å²) in [5, 5.41) is 11.0. The van der Waals surface area contributed by atoms with Crippen molar-refractivity contribution in [2.45, 2.75) is 17.9 Å². The van der Waals surface area contributed by atoms with Gasteiger partial charge in [-0.3, -0.25) is 21.9 Å². The van der Waals surface area contributed by atoms with Crippen LogP contribution in [-0.2, 0) is 14.8 Å². The molecule has 0 aliphatic carbocycles. The molecular formula is C12H14ClN2NaO4S. The molecule has 1 atom stereocenters. The quantitative estimate of drug-likeness (QED) is 0.533. The van der Waals surface area contributed by atoms with E-state index < -0.39 is 22.0 Å². The van der Waals surface area contributed by atoms with Crippen LogP contribution in [0.15, 0.2) is 41.3 Å². The summed E-state index contributed by atoms with van der Waals surface area (Å²) in [6.07, 6.45) is 3.45. The standard InChI is InChI=1S/C7H7ClNO2S.C5H7NO2.Na/c1-6-2-4-7(5-3-6)12(10,11)9-8;7-5(8)4-2-1-3-6-4;/h2-5H,1H3;1-2,4,6H,3H2,(H,7,8);/q-1;;+1. The van der Waals surface area contributed by atoms with E-state index in [-0.39, 0.29) is 34.5 Å². The van der Waals surface area contributed by atoms with Crippen LogP contribution in [0.1, 0.15) is 5.56 Å². The van der Waals surface area contributed by atoms with E-state index in [0.717, 1.165) is 5.56 Å². The fraction of sp³-hybridized carbons (Fsp3) is 0.250. The smallest absolute Gasteiger partial charge is 0.480 e. The number of rotatable bonds is 3. The zero-order valence-electron chi connectivity index (χ0n) is 11.7. The van der Waals surface area contributed by atoms with Crippen LogP contribution in [0.5, 0.6) is 0 Å². The Morgan fingerprint density at radius 1 is 1.38 bits per heavy atom. The summed E-state index contributed by atoms with van der Waals surface area (Å²) in [5.41, 5.74) is 0.989. The zero-order valence-corrected chi connectivity index (χ0v) is 15.2. The van der Waals surface area contributed by atoms with Gasteiger partial charge in [-0.15, -0.1) is 0 Å². The van der Waals surface area contributed by atoms with Crippen LogP contribution in [-0.4, -0.2) is 32.1 Å². The van der Waals surface area contributed by atoms with E-state index in [2.05, 4.69) is 9.56 Å². The average molecular weight is 341 g/mol. The Labute approximate surface area is 151 Å². The molecule has 0 fully saturated rings. The van der Waals surface area contributed by atoms with Gasteiger partial charge in [-0.05, 0) is 19.1 Å². The van der Waals surface area contributed by atoms with Crippen LogP contribution in [0, 0.1) is 6.92 Å². The number of carboxylic acid groups (broad SMARTS) is 1. The first-order valence-electron chi connectivity index (χ1n) is 5.64. The third-order valence-electron chi connectivity index (χ3n) is 2.46. The molecule has 2 N–H and O–H groups in total. The predicted molar refractivity (Wildman–Crippen MR) is 76.1 cm³/mol. The van der Waals surface area contributed by atoms with Gasteiger partial charge in [0, 0.05) is 11.4 Å². The SMILES string of the molecule is Cc1ccc(S(=O)(=O)[N-]Cl)cc1.O=C(O)C1C=CCN1.[Na+]. The minimum Gasteiger partial charge on any atom is -0.480 e. The minimum absolute atomic E-state index is 0. The second-order valence-corrected chi connectivity index (χ2v) is 5.98. The van der Waals surface area contributed by atoms with E-state index in [4.69, 9.17) is 16.9 Å². The largest absolute Gasteiger partial charge is 1.00 e. The third kappa shape index (κ3) is 6.92. The fourth-order valence-corrected chi connectivity index (χ4v) is 2.19. The number of hydrogen-bond donors (Lipinski definition) is 2. The van der Waals surface area contributed by atoms with Gasteiger partial charge in [-0.25, -0.2) is 8.42 Å². The molecule has 1 aromatic rings. The molecule has 2 rings (SSSR count). The monoisotopic (exact) mass is 340 g/mol. The number of sulfonamides is 1. The van der Waals surface area contributed by atoms with E-state index in [0.29, 0.717) is 6.54 Å². The first kappa shape index (κ1) is 20.6. The van der Waals surface area contributed by atoms with Crippen molar-refractivity contribution < 1.29 is 47.9 Å². The van der Waals surface area contributed by atoms with Gasteiger partial charge < -0.3 is 9.35 Å².